The lowest BCUT2D eigenvalue weighted by Gasteiger charge is -2.25. The van der Waals surface area contributed by atoms with Crippen molar-refractivity contribution in [1.29, 1.82) is 0 Å². The van der Waals surface area contributed by atoms with Crippen molar-refractivity contribution in [3.63, 3.8) is 0 Å². The maximum atomic E-state index is 12.5. The number of nitrogens with one attached hydrogen (secondary N) is 1. The zero-order valence-electron chi connectivity index (χ0n) is 14.0. The molecule has 1 aliphatic heterocycles. The number of esters is 2. The Labute approximate surface area is 140 Å². The smallest absolute Gasteiger partial charge is 0.333 e. The van der Waals surface area contributed by atoms with Crippen LogP contribution in [0.1, 0.15) is 32.8 Å². The zero-order chi connectivity index (χ0) is 17.8. The molecule has 1 aromatic rings. The van der Waals surface area contributed by atoms with E-state index in [1.165, 1.54) is 0 Å². The van der Waals surface area contributed by atoms with Crippen LogP contribution >= 0.6 is 0 Å². The molecule has 2 rings (SSSR count). The van der Waals surface area contributed by atoms with Crippen molar-refractivity contribution in [2.24, 2.45) is 5.41 Å². The number of amides is 1. The van der Waals surface area contributed by atoms with Crippen molar-refractivity contribution in [3.8, 4) is 0 Å². The fraction of sp³-hybridized carbons (Fsp3) is 0.471. The summed E-state index contributed by atoms with van der Waals surface area (Å²) in [6, 6.07) is 8.98. The third kappa shape index (κ3) is 3.91. The topological polar surface area (TPSA) is 90.9 Å². The van der Waals surface area contributed by atoms with Crippen LogP contribution in [0.25, 0.3) is 0 Å². The van der Waals surface area contributed by atoms with Crippen LogP contribution < -0.4 is 5.48 Å². The van der Waals surface area contributed by atoms with E-state index in [0.717, 1.165) is 5.56 Å². The minimum atomic E-state index is -2.03. The monoisotopic (exact) mass is 335 g/mol. The summed E-state index contributed by atoms with van der Waals surface area (Å²) in [7, 11) is 0. The molecule has 1 atom stereocenters. The Morgan fingerprint density at radius 2 is 1.92 bits per heavy atom. The molecule has 0 aromatic heterocycles. The highest BCUT2D eigenvalue weighted by atomic mass is 16.7. The molecular formula is C17H21NO6. The SMILES string of the molecule is CC(C)(C)ONC(=O)C1(C(=O)OCc2ccccc2)CCOC1=O. The number of carbonyl (C=O) groups is 3. The van der Waals surface area contributed by atoms with E-state index in [-0.39, 0.29) is 19.6 Å². The van der Waals surface area contributed by atoms with E-state index in [4.69, 9.17) is 14.3 Å². The van der Waals surface area contributed by atoms with E-state index >= 15 is 0 Å². The fourth-order valence-electron chi connectivity index (χ4n) is 2.14. The van der Waals surface area contributed by atoms with Crippen molar-refractivity contribution in [2.75, 3.05) is 6.61 Å². The van der Waals surface area contributed by atoms with Gasteiger partial charge >= 0.3 is 11.9 Å². The van der Waals surface area contributed by atoms with Gasteiger partial charge in [-0.1, -0.05) is 30.3 Å². The van der Waals surface area contributed by atoms with Crippen LogP contribution in [-0.4, -0.2) is 30.1 Å². The molecule has 0 bridgehead atoms. The highest BCUT2D eigenvalue weighted by molar-refractivity contribution is 6.20. The van der Waals surface area contributed by atoms with Gasteiger partial charge in [-0.3, -0.25) is 19.2 Å². The number of hydroxylamine groups is 1. The Balaban J connectivity index is 2.11. The number of benzene rings is 1. The molecule has 24 heavy (non-hydrogen) atoms. The molecule has 1 saturated heterocycles. The van der Waals surface area contributed by atoms with Gasteiger partial charge in [0.25, 0.3) is 5.91 Å². The molecule has 7 heteroatoms. The third-order valence-electron chi connectivity index (χ3n) is 3.46. The third-order valence-corrected chi connectivity index (χ3v) is 3.46. The van der Waals surface area contributed by atoms with E-state index in [1.54, 1.807) is 45.0 Å². The maximum absolute atomic E-state index is 12.5. The second-order valence-corrected chi connectivity index (χ2v) is 6.50. The summed E-state index contributed by atoms with van der Waals surface area (Å²) in [6.45, 7) is 5.10. The van der Waals surface area contributed by atoms with Gasteiger partial charge in [0.2, 0.25) is 5.41 Å². The quantitative estimate of drug-likeness (QED) is 0.498. The Morgan fingerprint density at radius 1 is 1.25 bits per heavy atom. The average molecular weight is 335 g/mol. The van der Waals surface area contributed by atoms with Crippen molar-refractivity contribution in [3.05, 3.63) is 35.9 Å². The normalized spacial score (nSPS) is 20.4. The summed E-state index contributed by atoms with van der Waals surface area (Å²) in [5.41, 5.74) is 0.222. The van der Waals surface area contributed by atoms with Gasteiger partial charge in [-0.2, -0.15) is 0 Å². The van der Waals surface area contributed by atoms with Gasteiger partial charge in [-0.05, 0) is 26.3 Å². The summed E-state index contributed by atoms with van der Waals surface area (Å²) >= 11 is 0. The largest absolute Gasteiger partial charge is 0.464 e. The van der Waals surface area contributed by atoms with Gasteiger partial charge in [-0.15, -0.1) is 0 Å². The minimum Gasteiger partial charge on any atom is -0.464 e. The summed E-state index contributed by atoms with van der Waals surface area (Å²) < 4.78 is 10.0. The van der Waals surface area contributed by atoms with Crippen molar-refractivity contribution in [2.45, 2.75) is 39.4 Å². The summed E-state index contributed by atoms with van der Waals surface area (Å²) in [4.78, 5) is 42.2. The lowest BCUT2D eigenvalue weighted by atomic mass is 9.85. The maximum Gasteiger partial charge on any atom is 0.333 e. The fourth-order valence-corrected chi connectivity index (χ4v) is 2.14. The first kappa shape index (κ1) is 17.9. The Morgan fingerprint density at radius 3 is 2.46 bits per heavy atom. The molecule has 0 radical (unpaired) electrons. The summed E-state index contributed by atoms with van der Waals surface area (Å²) in [6.07, 6.45) is -0.0845. The first-order valence-corrected chi connectivity index (χ1v) is 7.62. The van der Waals surface area contributed by atoms with E-state index in [1.807, 2.05) is 6.07 Å². The molecule has 130 valence electrons. The standard InChI is InChI=1S/C17H21NO6/c1-16(2,3)24-18-13(19)17(9-10-22-14(17)20)15(21)23-11-12-7-5-4-6-8-12/h4-8H,9-11H2,1-3H3,(H,18,19). The highest BCUT2D eigenvalue weighted by Gasteiger charge is 2.59. The van der Waals surface area contributed by atoms with Gasteiger partial charge in [0, 0.05) is 6.42 Å². The molecule has 1 N–H and O–H groups in total. The van der Waals surface area contributed by atoms with Crippen LogP contribution in [0.4, 0.5) is 0 Å². The van der Waals surface area contributed by atoms with Gasteiger partial charge < -0.3 is 9.47 Å². The van der Waals surface area contributed by atoms with Crippen molar-refractivity contribution in [1.82, 2.24) is 5.48 Å². The Hall–Kier alpha value is -2.41. The number of cyclic esters (lactones) is 1. The number of ether oxygens (including phenoxy) is 2. The zero-order valence-corrected chi connectivity index (χ0v) is 14.0. The predicted octanol–water partition coefficient (Wildman–Crippen LogP) is 1.51. The second kappa shape index (κ2) is 7.00. The van der Waals surface area contributed by atoms with Gasteiger partial charge in [0.1, 0.15) is 6.61 Å². The predicted molar refractivity (Wildman–Crippen MR) is 83.2 cm³/mol. The number of carbonyl (C=O) groups excluding carboxylic acids is 3. The van der Waals surface area contributed by atoms with E-state index in [0.29, 0.717) is 0 Å². The molecule has 1 aliphatic rings. The molecule has 1 amide bonds. The molecule has 0 spiro atoms. The molecule has 0 aliphatic carbocycles. The molecule has 1 aromatic carbocycles. The number of hydrogen-bond donors (Lipinski definition) is 1. The van der Waals surface area contributed by atoms with Crippen LogP contribution in [0.15, 0.2) is 30.3 Å². The van der Waals surface area contributed by atoms with Crippen LogP contribution in [0.3, 0.4) is 0 Å². The number of rotatable bonds is 5. The average Bonchev–Trinajstić information content (AvgIpc) is 2.93. The first-order valence-electron chi connectivity index (χ1n) is 7.62. The molecule has 1 heterocycles. The van der Waals surface area contributed by atoms with Crippen molar-refractivity contribution >= 4 is 17.8 Å². The molecule has 1 unspecified atom stereocenters. The Kier molecular flexibility index (Phi) is 5.23. The summed E-state index contributed by atoms with van der Waals surface area (Å²) in [5, 5.41) is 0. The van der Waals surface area contributed by atoms with Crippen molar-refractivity contribution < 1.29 is 28.7 Å². The van der Waals surface area contributed by atoms with Crippen LogP contribution in [-0.2, 0) is 35.3 Å². The molecular weight excluding hydrogens is 314 g/mol. The number of hydrogen-bond acceptors (Lipinski definition) is 6. The Bertz CT molecular complexity index is 622. The first-order chi connectivity index (χ1) is 11.3. The van der Waals surface area contributed by atoms with E-state index in [2.05, 4.69) is 5.48 Å². The van der Waals surface area contributed by atoms with E-state index < -0.39 is 28.9 Å². The van der Waals surface area contributed by atoms with E-state index in [9.17, 15) is 14.4 Å². The second-order valence-electron chi connectivity index (χ2n) is 6.50. The van der Waals surface area contributed by atoms with Gasteiger partial charge in [0.05, 0.1) is 12.2 Å². The highest BCUT2D eigenvalue weighted by Crippen LogP contribution is 2.32. The molecule has 0 saturated carbocycles. The van der Waals surface area contributed by atoms with Crippen LogP contribution in [0.2, 0.25) is 0 Å². The molecule has 1 fully saturated rings. The lowest BCUT2D eigenvalue weighted by Crippen LogP contribution is -2.51. The lowest BCUT2D eigenvalue weighted by molar-refractivity contribution is -0.177. The van der Waals surface area contributed by atoms with Crippen LogP contribution in [0.5, 0.6) is 0 Å². The van der Waals surface area contributed by atoms with Gasteiger partial charge in [-0.25, -0.2) is 5.48 Å². The van der Waals surface area contributed by atoms with Gasteiger partial charge in [0.15, 0.2) is 0 Å². The van der Waals surface area contributed by atoms with Crippen LogP contribution in [0, 0.1) is 5.41 Å². The summed E-state index contributed by atoms with van der Waals surface area (Å²) in [5.74, 6) is -2.74. The minimum absolute atomic E-state index is 0.0256. The molecule has 7 nitrogen and oxygen atoms in total.